The minimum Gasteiger partial charge on any atom is -0.496 e. The molecule has 1 aromatic carbocycles. The lowest BCUT2D eigenvalue weighted by atomic mass is 10.1. The highest BCUT2D eigenvalue weighted by atomic mass is 79.9. The fraction of sp³-hybridized carbons (Fsp3) is 0.333. The third-order valence-corrected chi connectivity index (χ3v) is 5.13. The molecule has 1 aromatic heterocycles. The highest BCUT2D eigenvalue weighted by Crippen LogP contribution is 2.28. The summed E-state index contributed by atoms with van der Waals surface area (Å²) in [5.41, 5.74) is 1.25. The van der Waals surface area contributed by atoms with Crippen molar-refractivity contribution in [3.63, 3.8) is 0 Å². The van der Waals surface area contributed by atoms with Gasteiger partial charge in [-0.2, -0.15) is 0 Å². The van der Waals surface area contributed by atoms with E-state index in [4.69, 9.17) is 4.74 Å². The van der Waals surface area contributed by atoms with Crippen LogP contribution >= 0.6 is 27.3 Å². The Hall–Kier alpha value is -0.840. The van der Waals surface area contributed by atoms with Crippen molar-refractivity contribution in [2.24, 2.45) is 0 Å². The first-order valence-corrected chi connectivity index (χ1v) is 7.97. The molecule has 1 N–H and O–H groups in total. The summed E-state index contributed by atoms with van der Waals surface area (Å²) < 4.78 is 6.55. The van der Waals surface area contributed by atoms with E-state index in [1.165, 1.54) is 14.9 Å². The Morgan fingerprint density at radius 3 is 2.79 bits per heavy atom. The van der Waals surface area contributed by atoms with E-state index < -0.39 is 0 Å². The SMILES string of the molecule is COc1ccccc1CCNC(C)c1sccc1Br. The third-order valence-electron chi connectivity index (χ3n) is 3.08. The van der Waals surface area contributed by atoms with Gasteiger partial charge in [-0.3, -0.25) is 0 Å². The quantitative estimate of drug-likeness (QED) is 0.841. The second kappa shape index (κ2) is 7.08. The highest BCUT2D eigenvalue weighted by molar-refractivity contribution is 9.10. The van der Waals surface area contributed by atoms with Gasteiger partial charge in [0.2, 0.25) is 0 Å². The van der Waals surface area contributed by atoms with Gasteiger partial charge in [0.15, 0.2) is 0 Å². The smallest absolute Gasteiger partial charge is 0.122 e. The first kappa shape index (κ1) is 14.6. The van der Waals surface area contributed by atoms with Crippen molar-refractivity contribution < 1.29 is 4.74 Å². The fourth-order valence-corrected chi connectivity index (χ4v) is 3.79. The van der Waals surface area contributed by atoms with Crippen LogP contribution in [0.1, 0.15) is 23.4 Å². The minimum atomic E-state index is 0.365. The van der Waals surface area contributed by atoms with E-state index in [2.05, 4.69) is 51.7 Å². The van der Waals surface area contributed by atoms with Gasteiger partial charge in [0.05, 0.1) is 7.11 Å². The molecule has 2 nitrogen and oxygen atoms in total. The van der Waals surface area contributed by atoms with Gasteiger partial charge in [-0.05, 0) is 58.9 Å². The number of methoxy groups -OCH3 is 1. The zero-order chi connectivity index (χ0) is 13.7. The molecule has 2 rings (SSSR count). The van der Waals surface area contributed by atoms with Gasteiger partial charge in [-0.1, -0.05) is 18.2 Å². The Morgan fingerprint density at radius 2 is 2.11 bits per heavy atom. The van der Waals surface area contributed by atoms with Crippen LogP contribution in [0.5, 0.6) is 5.75 Å². The number of rotatable bonds is 6. The van der Waals surface area contributed by atoms with E-state index in [1.54, 1.807) is 18.4 Å². The number of thiophene rings is 1. The Bertz CT molecular complexity index is 526. The van der Waals surface area contributed by atoms with Crippen molar-refractivity contribution in [2.75, 3.05) is 13.7 Å². The van der Waals surface area contributed by atoms with E-state index in [0.29, 0.717) is 6.04 Å². The molecule has 0 radical (unpaired) electrons. The summed E-state index contributed by atoms with van der Waals surface area (Å²) in [6, 6.07) is 10.6. The molecule has 0 bridgehead atoms. The number of hydrogen-bond acceptors (Lipinski definition) is 3. The van der Waals surface area contributed by atoms with Gasteiger partial charge >= 0.3 is 0 Å². The summed E-state index contributed by atoms with van der Waals surface area (Å²) in [6.45, 7) is 3.13. The van der Waals surface area contributed by atoms with Crippen LogP contribution in [0.3, 0.4) is 0 Å². The maximum Gasteiger partial charge on any atom is 0.122 e. The summed E-state index contributed by atoms with van der Waals surface area (Å²) in [6.07, 6.45) is 0.970. The van der Waals surface area contributed by atoms with Crippen LogP contribution in [0.4, 0.5) is 0 Å². The van der Waals surface area contributed by atoms with Crippen LogP contribution in [-0.4, -0.2) is 13.7 Å². The Labute approximate surface area is 126 Å². The Balaban J connectivity index is 1.88. The molecule has 4 heteroatoms. The summed E-state index contributed by atoms with van der Waals surface area (Å²) in [5.74, 6) is 0.967. The summed E-state index contributed by atoms with van der Waals surface area (Å²) >= 11 is 5.35. The normalized spacial score (nSPS) is 12.4. The predicted molar refractivity (Wildman–Crippen MR) is 85.1 cm³/mol. The van der Waals surface area contributed by atoms with Crippen molar-refractivity contribution in [3.8, 4) is 5.75 Å². The maximum atomic E-state index is 5.36. The number of halogens is 1. The first-order valence-electron chi connectivity index (χ1n) is 6.30. The monoisotopic (exact) mass is 339 g/mol. The lowest BCUT2D eigenvalue weighted by Gasteiger charge is -2.14. The van der Waals surface area contributed by atoms with E-state index in [-0.39, 0.29) is 0 Å². The fourth-order valence-electron chi connectivity index (χ4n) is 2.04. The van der Waals surface area contributed by atoms with Gasteiger partial charge in [0, 0.05) is 15.4 Å². The standard InChI is InChI=1S/C15H18BrNOS/c1-11(15-13(16)8-10-19-15)17-9-7-12-5-3-4-6-14(12)18-2/h3-6,8,10-11,17H,7,9H2,1-2H3. The second-order valence-electron chi connectivity index (χ2n) is 4.37. The van der Waals surface area contributed by atoms with Crippen LogP contribution in [0.15, 0.2) is 40.2 Å². The van der Waals surface area contributed by atoms with E-state index in [9.17, 15) is 0 Å². The topological polar surface area (TPSA) is 21.3 Å². The first-order chi connectivity index (χ1) is 9.22. The van der Waals surface area contributed by atoms with Crippen molar-refractivity contribution in [2.45, 2.75) is 19.4 Å². The van der Waals surface area contributed by atoms with Gasteiger partial charge in [-0.15, -0.1) is 11.3 Å². The number of ether oxygens (including phenoxy) is 1. The van der Waals surface area contributed by atoms with E-state index in [1.807, 2.05) is 12.1 Å². The minimum absolute atomic E-state index is 0.365. The third kappa shape index (κ3) is 3.81. The molecular weight excluding hydrogens is 322 g/mol. The molecule has 0 saturated carbocycles. The molecular formula is C15H18BrNOS. The maximum absolute atomic E-state index is 5.36. The summed E-state index contributed by atoms with van der Waals surface area (Å²) in [4.78, 5) is 1.35. The van der Waals surface area contributed by atoms with Crippen molar-refractivity contribution in [1.29, 1.82) is 0 Å². The molecule has 0 spiro atoms. The van der Waals surface area contributed by atoms with Gasteiger partial charge < -0.3 is 10.1 Å². The molecule has 102 valence electrons. The molecule has 1 unspecified atom stereocenters. The number of nitrogens with one attached hydrogen (secondary N) is 1. The predicted octanol–water partition coefficient (Wildman–Crippen LogP) is 4.41. The molecule has 2 aromatic rings. The zero-order valence-corrected chi connectivity index (χ0v) is 13.6. The van der Waals surface area contributed by atoms with Crippen LogP contribution in [-0.2, 0) is 6.42 Å². The lowest BCUT2D eigenvalue weighted by molar-refractivity contribution is 0.408. The van der Waals surface area contributed by atoms with Crippen LogP contribution in [0.25, 0.3) is 0 Å². The summed E-state index contributed by atoms with van der Waals surface area (Å²) in [7, 11) is 1.72. The zero-order valence-electron chi connectivity index (χ0n) is 11.2. The van der Waals surface area contributed by atoms with Crippen LogP contribution < -0.4 is 10.1 Å². The van der Waals surface area contributed by atoms with Gasteiger partial charge in [0.1, 0.15) is 5.75 Å². The number of benzene rings is 1. The second-order valence-corrected chi connectivity index (χ2v) is 6.17. The largest absolute Gasteiger partial charge is 0.496 e. The molecule has 0 aliphatic carbocycles. The Morgan fingerprint density at radius 1 is 1.32 bits per heavy atom. The molecule has 0 aliphatic heterocycles. The molecule has 19 heavy (non-hydrogen) atoms. The van der Waals surface area contributed by atoms with Gasteiger partial charge in [-0.25, -0.2) is 0 Å². The average Bonchev–Trinajstić information content (AvgIpc) is 2.85. The van der Waals surface area contributed by atoms with Crippen molar-refractivity contribution >= 4 is 27.3 Å². The molecule has 1 heterocycles. The van der Waals surface area contributed by atoms with Crippen molar-refractivity contribution in [1.82, 2.24) is 5.32 Å². The molecule has 0 fully saturated rings. The lowest BCUT2D eigenvalue weighted by Crippen LogP contribution is -2.21. The Kier molecular flexibility index (Phi) is 5.43. The van der Waals surface area contributed by atoms with Crippen molar-refractivity contribution in [3.05, 3.63) is 50.6 Å². The summed E-state index contributed by atoms with van der Waals surface area (Å²) in [5, 5.41) is 5.66. The number of para-hydroxylation sites is 1. The average molecular weight is 340 g/mol. The van der Waals surface area contributed by atoms with E-state index in [0.717, 1.165) is 18.7 Å². The van der Waals surface area contributed by atoms with Crippen LogP contribution in [0.2, 0.25) is 0 Å². The molecule has 0 amide bonds. The van der Waals surface area contributed by atoms with Crippen LogP contribution in [0, 0.1) is 0 Å². The van der Waals surface area contributed by atoms with Gasteiger partial charge in [0.25, 0.3) is 0 Å². The highest BCUT2D eigenvalue weighted by Gasteiger charge is 2.10. The molecule has 1 atom stereocenters. The molecule has 0 aliphatic rings. The van der Waals surface area contributed by atoms with E-state index >= 15 is 0 Å². The number of hydrogen-bond donors (Lipinski definition) is 1. The molecule has 0 saturated heterocycles.